The van der Waals surface area contributed by atoms with Crippen molar-refractivity contribution in [3.63, 3.8) is 0 Å². The van der Waals surface area contributed by atoms with Crippen LogP contribution in [0.5, 0.6) is 0 Å². The molecular weight excluding hydrogens is 1120 g/mol. The Morgan fingerprint density at radius 2 is 0.775 bits per heavy atom. The standard InChI is InChI=1S/C31H34N2O6S2.C27H26N2O6S2.2Na/c1-5-32(6-2)25-13-9-22(10-14-25)31(23-11-15-26(16-12-23)33(7-3)8-4)30-21-28(41(37,38)39)20-24-19-27(40(34,35)36)17-18-29(24)30;1-28(2)21-9-5-18(6-10-21)27(19-7-11-22(12-8-19)29(3)4)26-17-24(37(33,34)35)16-20-15-23(36(30,31)32)13-14-25(20)26;;/h9-21H,5-8H2,1-4H3,(H-,34,35,36,37,38,39);5-17H,1-4H3,(H-,30,31,32,33,34,35);;/q;;2*+1/p-2. The fourth-order valence-corrected chi connectivity index (χ4v) is 11.4. The van der Waals surface area contributed by atoms with Crippen molar-refractivity contribution < 1.29 is 120 Å². The van der Waals surface area contributed by atoms with Crippen molar-refractivity contribution >= 4 is 96.0 Å². The Morgan fingerprint density at radius 1 is 0.438 bits per heavy atom. The Morgan fingerprint density at radius 3 is 1.09 bits per heavy atom. The quantitative estimate of drug-likeness (QED) is 0.0864. The summed E-state index contributed by atoms with van der Waals surface area (Å²) < 4.78 is 147. The average molecular weight is 1180 g/mol. The van der Waals surface area contributed by atoms with Crippen LogP contribution in [0.15, 0.2) is 189 Å². The first-order valence-corrected chi connectivity index (χ1v) is 30.3. The van der Waals surface area contributed by atoms with Crippen LogP contribution in [0.3, 0.4) is 0 Å². The van der Waals surface area contributed by atoms with E-state index in [2.05, 4.69) is 37.2 Å². The minimum atomic E-state index is -4.92. The largest absolute Gasteiger partial charge is 1.00 e. The van der Waals surface area contributed by atoms with Crippen LogP contribution in [0, 0.1) is 0 Å². The number of rotatable bonds is 14. The van der Waals surface area contributed by atoms with Crippen molar-refractivity contribution in [2.24, 2.45) is 0 Å². The van der Waals surface area contributed by atoms with Gasteiger partial charge in [0.1, 0.15) is 67.7 Å². The molecule has 6 aromatic carbocycles. The van der Waals surface area contributed by atoms with Gasteiger partial charge in [0.05, 0.1) is 19.6 Å². The van der Waals surface area contributed by atoms with Gasteiger partial charge < -0.3 is 28.0 Å². The summed E-state index contributed by atoms with van der Waals surface area (Å²) in [5.41, 5.74) is 9.18. The second-order valence-corrected chi connectivity index (χ2v) is 24.1. The van der Waals surface area contributed by atoms with Gasteiger partial charge in [-0.3, -0.25) is 0 Å². The summed E-state index contributed by atoms with van der Waals surface area (Å²) in [5, 5.41) is 1.30. The third-order valence-corrected chi connectivity index (χ3v) is 16.7. The van der Waals surface area contributed by atoms with Gasteiger partial charge in [-0.25, -0.2) is 42.8 Å². The fraction of sp³-hybridized carbons (Fsp3) is 0.207. The van der Waals surface area contributed by atoms with E-state index < -0.39 is 60.1 Å². The second-order valence-electron chi connectivity index (χ2n) is 18.6. The number of allylic oxidation sites excluding steroid dienone is 10. The molecule has 2 aliphatic carbocycles. The van der Waals surface area contributed by atoms with Gasteiger partial charge in [0.2, 0.25) is 0 Å². The monoisotopic (exact) mass is 1180 g/mol. The van der Waals surface area contributed by atoms with Gasteiger partial charge in [-0.2, -0.15) is 0 Å². The molecule has 0 aromatic heterocycles. The smallest absolute Gasteiger partial charge is 0.744 e. The van der Waals surface area contributed by atoms with E-state index in [1.807, 2.05) is 135 Å². The van der Waals surface area contributed by atoms with Crippen LogP contribution in [0.4, 0.5) is 11.4 Å². The minimum Gasteiger partial charge on any atom is -0.744 e. The molecule has 0 saturated carbocycles. The number of hydrogen-bond donors (Lipinski definition) is 0. The molecule has 0 amide bonds. The molecule has 408 valence electrons. The van der Waals surface area contributed by atoms with E-state index in [9.17, 15) is 51.9 Å². The van der Waals surface area contributed by atoms with E-state index in [0.717, 1.165) is 95.5 Å². The summed E-state index contributed by atoms with van der Waals surface area (Å²) in [6.07, 6.45) is 15.5. The van der Waals surface area contributed by atoms with Crippen LogP contribution < -0.4 is 68.9 Å². The maximum Gasteiger partial charge on any atom is 1.00 e. The molecule has 0 radical (unpaired) electrons. The normalized spacial score (nSPS) is 13.3. The molecule has 6 aromatic rings. The predicted octanol–water partition coefficient (Wildman–Crippen LogP) is 2.28. The number of benzene rings is 6. The molecule has 80 heavy (non-hydrogen) atoms. The van der Waals surface area contributed by atoms with Gasteiger partial charge >= 0.3 is 59.1 Å². The van der Waals surface area contributed by atoms with Crippen LogP contribution in [-0.2, 0) is 40.5 Å². The number of anilines is 2. The first kappa shape index (κ1) is 65.7. The van der Waals surface area contributed by atoms with Crippen LogP contribution in [0.1, 0.15) is 49.9 Å². The second kappa shape index (κ2) is 26.8. The molecule has 16 nitrogen and oxygen atoms in total. The molecule has 0 aliphatic heterocycles. The van der Waals surface area contributed by atoms with E-state index in [4.69, 9.17) is 0 Å². The van der Waals surface area contributed by atoms with Gasteiger partial charge in [0.15, 0.2) is 11.4 Å². The zero-order chi connectivity index (χ0) is 57.1. The third-order valence-electron chi connectivity index (χ3n) is 13.4. The first-order chi connectivity index (χ1) is 36.7. The van der Waals surface area contributed by atoms with Gasteiger partial charge in [0.25, 0.3) is 0 Å². The fourth-order valence-electron chi connectivity index (χ4n) is 9.32. The Labute approximate surface area is 513 Å². The molecule has 0 spiro atoms. The Bertz CT molecular complexity index is 4050. The zero-order valence-corrected chi connectivity index (χ0v) is 53.4. The Hall–Kier alpha value is -5.14. The molecule has 0 saturated heterocycles. The van der Waals surface area contributed by atoms with Gasteiger partial charge in [-0.1, -0.05) is 36.4 Å². The van der Waals surface area contributed by atoms with Crippen molar-refractivity contribution in [2.75, 3.05) is 64.2 Å². The van der Waals surface area contributed by atoms with Crippen molar-refractivity contribution in [3.8, 4) is 0 Å². The summed E-state index contributed by atoms with van der Waals surface area (Å²) in [6, 6.07) is 27.8. The van der Waals surface area contributed by atoms with Crippen molar-refractivity contribution in [1.29, 1.82) is 0 Å². The van der Waals surface area contributed by atoms with Crippen LogP contribution >= 0.6 is 0 Å². The van der Waals surface area contributed by atoms with E-state index in [0.29, 0.717) is 33.0 Å². The third kappa shape index (κ3) is 15.3. The van der Waals surface area contributed by atoms with Crippen molar-refractivity contribution in [1.82, 2.24) is 0 Å². The minimum absolute atomic E-state index is 0. The zero-order valence-electron chi connectivity index (χ0n) is 46.2. The van der Waals surface area contributed by atoms with Gasteiger partial charge in [-0.15, -0.1) is 0 Å². The van der Waals surface area contributed by atoms with Gasteiger partial charge in [-0.05, 0) is 191 Å². The molecule has 22 heteroatoms. The Balaban J connectivity index is 0.000000288. The molecule has 2 aliphatic rings. The number of fused-ring (bicyclic) bond motifs is 2. The SMILES string of the molecule is CCN(CC)c1ccc(C(=C2C=CC(=[N+](CC)CC)C=C2)c2cc(S(=O)(=O)[O-])cc3cc(S(=O)(=O)[O-])ccc23)cc1.CN(C)c1ccc(C(=C2C=CC(=[N+](C)C)C=C2)c2cc(S(=O)(=O)[O-])cc3cc(S(=O)(=O)[O-])ccc23)cc1.[Na+].[Na+]. The molecule has 8 rings (SSSR count). The van der Waals surface area contributed by atoms with Crippen molar-refractivity contribution in [3.05, 3.63) is 191 Å². The van der Waals surface area contributed by atoms with E-state index in [1.54, 1.807) is 0 Å². The summed E-state index contributed by atoms with van der Waals surface area (Å²) >= 11 is 0. The number of hydrogen-bond acceptors (Lipinski definition) is 14. The van der Waals surface area contributed by atoms with Gasteiger partial charge in [0, 0.05) is 62.9 Å². The molecule has 0 unspecified atom stereocenters. The molecule has 0 bridgehead atoms. The molecule has 0 heterocycles. The van der Waals surface area contributed by atoms with E-state index >= 15 is 0 Å². The topological polar surface area (TPSA) is 241 Å². The molecule has 0 fully saturated rings. The summed E-state index contributed by atoms with van der Waals surface area (Å²) in [6.45, 7) is 11.6. The summed E-state index contributed by atoms with van der Waals surface area (Å²) in [7, 11) is -11.8. The summed E-state index contributed by atoms with van der Waals surface area (Å²) in [4.78, 5) is 2.08. The predicted molar refractivity (Wildman–Crippen MR) is 303 cm³/mol. The Kier molecular flexibility index (Phi) is 22.0. The molecule has 0 N–H and O–H groups in total. The molecule has 0 atom stereocenters. The van der Waals surface area contributed by atoms with Crippen LogP contribution in [-0.4, -0.2) is 127 Å². The van der Waals surface area contributed by atoms with E-state index in [1.165, 1.54) is 36.4 Å². The molecular formula is C58H58N4Na2O12S4. The van der Waals surface area contributed by atoms with E-state index in [-0.39, 0.29) is 69.9 Å². The maximum atomic E-state index is 12.2. The maximum absolute atomic E-state index is 12.2. The van der Waals surface area contributed by atoms with Crippen LogP contribution in [0.2, 0.25) is 0 Å². The van der Waals surface area contributed by atoms with Crippen molar-refractivity contribution in [2.45, 2.75) is 47.3 Å². The number of nitrogens with zero attached hydrogens (tertiary/aromatic N) is 4. The average Bonchev–Trinajstić information content (AvgIpc) is 3.44. The first-order valence-electron chi connectivity index (χ1n) is 24.7. The summed E-state index contributed by atoms with van der Waals surface area (Å²) in [5.74, 6) is 0. The van der Waals surface area contributed by atoms with Crippen LogP contribution in [0.25, 0.3) is 32.7 Å².